The second kappa shape index (κ2) is 4.93. The van der Waals surface area contributed by atoms with Crippen molar-refractivity contribution in [3.05, 3.63) is 12.4 Å². The Morgan fingerprint density at radius 2 is 2.21 bits per heavy atom. The molecule has 0 amide bonds. The summed E-state index contributed by atoms with van der Waals surface area (Å²) in [5.41, 5.74) is 0. The van der Waals surface area contributed by atoms with E-state index < -0.39 is 22.0 Å². The van der Waals surface area contributed by atoms with Crippen LogP contribution in [0.25, 0.3) is 0 Å². The van der Waals surface area contributed by atoms with Crippen LogP contribution in [0.2, 0.25) is 0 Å². The number of nitrogens with zero attached hydrogens (tertiary/aromatic N) is 3. The summed E-state index contributed by atoms with van der Waals surface area (Å²) in [4.78, 5) is 11.1. The zero-order chi connectivity index (χ0) is 14.2. The number of hydrogen-bond acceptors (Lipinski definition) is 4. The quantitative estimate of drug-likeness (QED) is 0.880. The molecule has 0 aliphatic carbocycles. The standard InChI is InChI=1S/C11H17N3O4S/c1-8(2)13-7-9(6-12-13)19(17,18)14-5-3-4-10(14)11(15)16/h6-8,10H,3-5H2,1-2H3,(H,15,16)/t10-/m0/s1. The molecule has 0 spiro atoms. The van der Waals surface area contributed by atoms with Gasteiger partial charge in [-0.2, -0.15) is 9.40 Å². The van der Waals surface area contributed by atoms with Crippen molar-refractivity contribution in [2.24, 2.45) is 0 Å². The van der Waals surface area contributed by atoms with Crippen molar-refractivity contribution in [2.75, 3.05) is 6.54 Å². The monoisotopic (exact) mass is 287 g/mol. The van der Waals surface area contributed by atoms with Gasteiger partial charge in [0.25, 0.3) is 0 Å². The number of carbonyl (C=O) groups is 1. The van der Waals surface area contributed by atoms with Crippen LogP contribution in [0.5, 0.6) is 0 Å². The highest BCUT2D eigenvalue weighted by atomic mass is 32.2. The molecule has 1 saturated heterocycles. The van der Waals surface area contributed by atoms with Crippen molar-refractivity contribution in [2.45, 2.75) is 43.7 Å². The van der Waals surface area contributed by atoms with Gasteiger partial charge in [-0.25, -0.2) is 8.42 Å². The highest BCUT2D eigenvalue weighted by Crippen LogP contribution is 2.26. The number of carboxylic acids is 1. The van der Waals surface area contributed by atoms with Gasteiger partial charge in [-0.1, -0.05) is 0 Å². The maximum absolute atomic E-state index is 12.4. The summed E-state index contributed by atoms with van der Waals surface area (Å²) in [5, 5.41) is 13.0. The van der Waals surface area contributed by atoms with E-state index in [9.17, 15) is 13.2 Å². The third-order valence-electron chi connectivity index (χ3n) is 3.20. The fourth-order valence-electron chi connectivity index (χ4n) is 2.15. The minimum Gasteiger partial charge on any atom is -0.480 e. The van der Waals surface area contributed by atoms with Gasteiger partial charge in [0.15, 0.2) is 0 Å². The van der Waals surface area contributed by atoms with Crippen molar-refractivity contribution in [3.63, 3.8) is 0 Å². The molecule has 2 rings (SSSR count). The van der Waals surface area contributed by atoms with Gasteiger partial charge < -0.3 is 5.11 Å². The Labute approximate surface area is 111 Å². The molecule has 1 aliphatic rings. The van der Waals surface area contributed by atoms with Gasteiger partial charge in [0.2, 0.25) is 10.0 Å². The minimum absolute atomic E-state index is 0.0503. The van der Waals surface area contributed by atoms with Crippen molar-refractivity contribution < 1.29 is 18.3 Å². The lowest BCUT2D eigenvalue weighted by atomic mass is 10.2. The molecular weight excluding hydrogens is 270 g/mol. The number of aromatic nitrogens is 2. The molecular formula is C11H17N3O4S. The van der Waals surface area contributed by atoms with Crippen molar-refractivity contribution in [1.82, 2.24) is 14.1 Å². The van der Waals surface area contributed by atoms with E-state index in [2.05, 4.69) is 5.10 Å². The number of hydrogen-bond donors (Lipinski definition) is 1. The maximum atomic E-state index is 12.4. The average molecular weight is 287 g/mol. The van der Waals surface area contributed by atoms with Crippen LogP contribution >= 0.6 is 0 Å². The number of aliphatic carboxylic acids is 1. The fraction of sp³-hybridized carbons (Fsp3) is 0.636. The normalized spacial score (nSPS) is 21.1. The molecule has 0 aromatic carbocycles. The highest BCUT2D eigenvalue weighted by Gasteiger charge is 2.40. The molecule has 0 radical (unpaired) electrons. The molecule has 0 saturated carbocycles. The Kier molecular flexibility index (Phi) is 3.64. The molecule has 8 heteroatoms. The largest absolute Gasteiger partial charge is 0.480 e. The van der Waals surface area contributed by atoms with Gasteiger partial charge in [-0.05, 0) is 26.7 Å². The van der Waals surface area contributed by atoms with E-state index in [0.29, 0.717) is 12.8 Å². The minimum atomic E-state index is -3.78. The lowest BCUT2D eigenvalue weighted by Crippen LogP contribution is -2.40. The van der Waals surface area contributed by atoms with Crippen LogP contribution in [0.15, 0.2) is 17.3 Å². The van der Waals surface area contributed by atoms with Crippen molar-refractivity contribution >= 4 is 16.0 Å². The van der Waals surface area contributed by atoms with Gasteiger partial charge in [-0.15, -0.1) is 0 Å². The zero-order valence-electron chi connectivity index (χ0n) is 10.9. The van der Waals surface area contributed by atoms with E-state index in [1.165, 1.54) is 12.4 Å². The molecule has 1 aliphatic heterocycles. The van der Waals surface area contributed by atoms with Crippen LogP contribution in [0.1, 0.15) is 32.7 Å². The Balaban J connectivity index is 2.33. The smallest absolute Gasteiger partial charge is 0.322 e. The molecule has 1 aromatic heterocycles. The van der Waals surface area contributed by atoms with Gasteiger partial charge in [0.1, 0.15) is 10.9 Å². The molecule has 2 heterocycles. The molecule has 1 atom stereocenters. The summed E-state index contributed by atoms with van der Waals surface area (Å²) in [5.74, 6) is -1.10. The lowest BCUT2D eigenvalue weighted by molar-refractivity contribution is -0.140. The Morgan fingerprint density at radius 1 is 1.53 bits per heavy atom. The summed E-state index contributed by atoms with van der Waals surface area (Å²) in [6.07, 6.45) is 3.63. The fourth-order valence-corrected chi connectivity index (χ4v) is 3.74. The van der Waals surface area contributed by atoms with E-state index >= 15 is 0 Å². The maximum Gasteiger partial charge on any atom is 0.322 e. The van der Waals surface area contributed by atoms with Crippen LogP contribution in [-0.4, -0.2) is 46.2 Å². The Bertz CT molecular complexity index is 579. The molecule has 1 fully saturated rings. The molecule has 1 aromatic rings. The van der Waals surface area contributed by atoms with Gasteiger partial charge >= 0.3 is 5.97 Å². The van der Waals surface area contributed by atoms with Crippen LogP contribution < -0.4 is 0 Å². The van der Waals surface area contributed by atoms with Gasteiger partial charge in [-0.3, -0.25) is 9.48 Å². The van der Waals surface area contributed by atoms with Crippen LogP contribution in [0, 0.1) is 0 Å². The lowest BCUT2D eigenvalue weighted by Gasteiger charge is -2.19. The number of rotatable bonds is 4. The highest BCUT2D eigenvalue weighted by molar-refractivity contribution is 7.89. The number of carboxylic acid groups (broad SMARTS) is 1. The summed E-state index contributed by atoms with van der Waals surface area (Å²) in [6, 6.07) is -0.912. The third-order valence-corrected chi connectivity index (χ3v) is 5.06. The molecule has 7 nitrogen and oxygen atoms in total. The summed E-state index contributed by atoms with van der Waals surface area (Å²) in [6.45, 7) is 4.02. The SMILES string of the molecule is CC(C)n1cc(S(=O)(=O)N2CCC[C@H]2C(=O)O)cn1. The van der Waals surface area contributed by atoms with E-state index in [0.717, 1.165) is 4.31 Å². The predicted octanol–water partition coefficient (Wildman–Crippen LogP) is 0.702. The third kappa shape index (κ3) is 2.50. The first-order valence-electron chi connectivity index (χ1n) is 6.13. The van der Waals surface area contributed by atoms with E-state index in [4.69, 9.17) is 5.11 Å². The average Bonchev–Trinajstić information content (AvgIpc) is 2.98. The Morgan fingerprint density at radius 3 is 2.74 bits per heavy atom. The summed E-state index contributed by atoms with van der Waals surface area (Å²) in [7, 11) is -3.78. The van der Waals surface area contributed by atoms with Crippen molar-refractivity contribution in [1.29, 1.82) is 0 Å². The van der Waals surface area contributed by atoms with Crippen molar-refractivity contribution in [3.8, 4) is 0 Å². The number of sulfonamides is 1. The first-order chi connectivity index (χ1) is 8.84. The van der Waals surface area contributed by atoms with Crippen LogP contribution in [0.3, 0.4) is 0 Å². The molecule has 0 unspecified atom stereocenters. The second-order valence-electron chi connectivity index (χ2n) is 4.86. The topological polar surface area (TPSA) is 92.5 Å². The molecule has 106 valence electrons. The van der Waals surface area contributed by atoms with E-state index in [-0.39, 0.29) is 17.5 Å². The predicted molar refractivity (Wildman–Crippen MR) is 67.2 cm³/mol. The van der Waals surface area contributed by atoms with Gasteiger partial charge in [0, 0.05) is 18.8 Å². The van der Waals surface area contributed by atoms with Crippen LogP contribution in [0.4, 0.5) is 0 Å². The first kappa shape index (κ1) is 14.0. The van der Waals surface area contributed by atoms with E-state index in [1.54, 1.807) is 4.68 Å². The molecule has 0 bridgehead atoms. The van der Waals surface area contributed by atoms with Crippen LogP contribution in [-0.2, 0) is 14.8 Å². The second-order valence-corrected chi connectivity index (χ2v) is 6.75. The molecule has 19 heavy (non-hydrogen) atoms. The van der Waals surface area contributed by atoms with E-state index in [1.807, 2.05) is 13.8 Å². The Hall–Kier alpha value is -1.41. The zero-order valence-corrected chi connectivity index (χ0v) is 11.7. The molecule has 1 N–H and O–H groups in total. The first-order valence-corrected chi connectivity index (χ1v) is 7.57. The summed E-state index contributed by atoms with van der Waals surface area (Å²) >= 11 is 0. The summed E-state index contributed by atoms with van der Waals surface area (Å²) < 4.78 is 27.4. The van der Waals surface area contributed by atoms with Gasteiger partial charge in [0.05, 0.1) is 6.20 Å².